The number of hydrogen-bond donors (Lipinski definition) is 0. The molecule has 0 saturated carbocycles. The summed E-state index contributed by atoms with van der Waals surface area (Å²) in [6.45, 7) is 1.56. The summed E-state index contributed by atoms with van der Waals surface area (Å²) < 4.78 is 30.3. The Bertz CT molecular complexity index is 909. The van der Waals surface area contributed by atoms with Gasteiger partial charge in [-0.15, -0.1) is 0 Å². The molecule has 0 heterocycles. The molecular formula is C20H20O4S. The van der Waals surface area contributed by atoms with Crippen LogP contribution in [0.2, 0.25) is 0 Å². The van der Waals surface area contributed by atoms with Crippen LogP contribution in [-0.4, -0.2) is 14.2 Å². The maximum Gasteiger partial charge on any atom is 0.335 e. The fourth-order valence-electron chi connectivity index (χ4n) is 2.82. The molecule has 5 heteroatoms. The quantitative estimate of drug-likeness (QED) is 0.737. The molecule has 0 amide bonds. The lowest BCUT2D eigenvalue weighted by molar-refractivity contribution is -0.116. The van der Waals surface area contributed by atoms with Crippen molar-refractivity contribution in [1.29, 1.82) is 0 Å². The van der Waals surface area contributed by atoms with E-state index in [0.717, 1.165) is 16.7 Å². The summed E-state index contributed by atoms with van der Waals surface area (Å²) >= 11 is 0. The van der Waals surface area contributed by atoms with Crippen molar-refractivity contribution in [2.24, 2.45) is 0 Å². The molecule has 0 spiro atoms. The molecule has 4 nitrogen and oxygen atoms in total. The maximum atomic E-state index is 12.5. The molecule has 0 saturated heterocycles. The summed E-state index contributed by atoms with van der Waals surface area (Å²) in [5.41, 5.74) is 3.05. The van der Waals surface area contributed by atoms with E-state index in [0.29, 0.717) is 30.6 Å². The Balaban J connectivity index is 1.74. The summed E-state index contributed by atoms with van der Waals surface area (Å²) in [5.74, 6) is 0.416. The lowest BCUT2D eigenvalue weighted by Gasteiger charge is -2.16. The summed E-state index contributed by atoms with van der Waals surface area (Å²) in [4.78, 5) is 11.3. The molecule has 0 aromatic heterocycles. The summed E-state index contributed by atoms with van der Waals surface area (Å²) in [7, 11) is -3.81. The average molecular weight is 356 g/mol. The van der Waals surface area contributed by atoms with Crippen LogP contribution in [-0.2, 0) is 27.8 Å². The predicted octanol–water partition coefficient (Wildman–Crippen LogP) is 3.90. The van der Waals surface area contributed by atoms with Crippen LogP contribution in [0.3, 0.4) is 0 Å². The average Bonchev–Trinajstić information content (AvgIpc) is 2.60. The van der Waals surface area contributed by atoms with Crippen molar-refractivity contribution in [2.45, 2.75) is 32.6 Å². The molecule has 2 aromatic rings. The number of carbonyl (C=O) groups excluding carboxylic acids is 1. The molecule has 25 heavy (non-hydrogen) atoms. The number of ketones is 1. The van der Waals surface area contributed by atoms with Crippen LogP contribution in [0.5, 0.6) is 5.75 Å². The molecule has 0 atom stereocenters. The Hall–Kier alpha value is -2.40. The highest BCUT2D eigenvalue weighted by Crippen LogP contribution is 2.29. The van der Waals surface area contributed by atoms with Gasteiger partial charge in [0, 0.05) is 6.42 Å². The van der Waals surface area contributed by atoms with Crippen molar-refractivity contribution in [3.63, 3.8) is 0 Å². The molecule has 0 bridgehead atoms. The largest absolute Gasteiger partial charge is 0.379 e. The van der Waals surface area contributed by atoms with Crippen molar-refractivity contribution in [1.82, 2.24) is 0 Å². The van der Waals surface area contributed by atoms with Crippen LogP contribution >= 0.6 is 0 Å². The van der Waals surface area contributed by atoms with Gasteiger partial charge in [0.1, 0.15) is 11.5 Å². The molecule has 1 aliphatic rings. The van der Waals surface area contributed by atoms with E-state index < -0.39 is 10.1 Å². The monoisotopic (exact) mass is 356 g/mol. The van der Waals surface area contributed by atoms with Gasteiger partial charge in [0.05, 0.1) is 4.91 Å². The molecule has 3 rings (SSSR count). The minimum absolute atomic E-state index is 0.132. The third-order valence-corrected chi connectivity index (χ3v) is 5.60. The summed E-state index contributed by atoms with van der Waals surface area (Å²) in [6.07, 6.45) is 3.94. The van der Waals surface area contributed by atoms with E-state index >= 15 is 0 Å². The fourth-order valence-corrected chi connectivity index (χ4v) is 3.91. The van der Waals surface area contributed by atoms with E-state index in [-0.39, 0.29) is 11.5 Å². The zero-order chi connectivity index (χ0) is 17.9. The zero-order valence-corrected chi connectivity index (χ0v) is 14.9. The SMILES string of the molecule is CC(=O)CCc1ccc(OS(=O)(=O)C2=Cc3ccccc3CC2)cc1. The second-order valence-corrected chi connectivity index (χ2v) is 7.79. The van der Waals surface area contributed by atoms with Gasteiger partial charge >= 0.3 is 10.1 Å². The molecule has 0 unspecified atom stereocenters. The van der Waals surface area contributed by atoms with Crippen LogP contribution in [0.1, 0.15) is 36.5 Å². The number of fused-ring (bicyclic) bond motifs is 1. The van der Waals surface area contributed by atoms with E-state index in [2.05, 4.69) is 0 Å². The normalized spacial score (nSPS) is 13.7. The Labute approximate surface area is 148 Å². The Morgan fingerprint density at radius 2 is 1.76 bits per heavy atom. The highest BCUT2D eigenvalue weighted by atomic mass is 32.2. The number of allylic oxidation sites excluding steroid dienone is 1. The van der Waals surface area contributed by atoms with Gasteiger partial charge in [0.2, 0.25) is 0 Å². The number of Topliss-reactive ketones (excluding diaryl/α,β-unsaturated/α-hetero) is 1. The maximum absolute atomic E-state index is 12.5. The molecule has 0 N–H and O–H groups in total. The van der Waals surface area contributed by atoms with Crippen LogP contribution in [0.15, 0.2) is 53.4 Å². The van der Waals surface area contributed by atoms with Gasteiger partial charge in [-0.05, 0) is 61.1 Å². The van der Waals surface area contributed by atoms with E-state index in [1.807, 2.05) is 24.3 Å². The summed E-state index contributed by atoms with van der Waals surface area (Å²) in [5, 5.41) is 0. The number of benzene rings is 2. The van der Waals surface area contributed by atoms with E-state index in [1.165, 1.54) is 0 Å². The molecule has 0 radical (unpaired) electrons. The second kappa shape index (κ2) is 7.23. The predicted molar refractivity (Wildman–Crippen MR) is 97.7 cm³/mol. The molecule has 1 aliphatic carbocycles. The number of carbonyl (C=O) groups is 1. The Morgan fingerprint density at radius 3 is 2.48 bits per heavy atom. The topological polar surface area (TPSA) is 60.4 Å². The van der Waals surface area contributed by atoms with Crippen molar-refractivity contribution in [2.75, 3.05) is 0 Å². The van der Waals surface area contributed by atoms with Gasteiger partial charge in [-0.2, -0.15) is 8.42 Å². The molecular weight excluding hydrogens is 336 g/mol. The van der Waals surface area contributed by atoms with Gasteiger partial charge in [-0.1, -0.05) is 36.4 Å². The van der Waals surface area contributed by atoms with E-state index in [4.69, 9.17) is 4.18 Å². The van der Waals surface area contributed by atoms with E-state index in [1.54, 1.807) is 37.3 Å². The minimum Gasteiger partial charge on any atom is -0.379 e. The number of rotatable bonds is 6. The first-order valence-electron chi connectivity index (χ1n) is 8.25. The van der Waals surface area contributed by atoms with Crippen LogP contribution in [0, 0.1) is 0 Å². The fraction of sp³-hybridized carbons (Fsp3) is 0.250. The molecule has 2 aromatic carbocycles. The first-order chi connectivity index (χ1) is 11.9. The van der Waals surface area contributed by atoms with Crippen molar-refractivity contribution >= 4 is 22.0 Å². The highest BCUT2D eigenvalue weighted by molar-refractivity contribution is 7.91. The molecule has 130 valence electrons. The standard InChI is InChI=1S/C20H20O4S/c1-15(21)6-7-16-8-11-19(12-9-16)24-25(22,23)20-13-10-17-4-2-3-5-18(17)14-20/h2-5,8-9,11-12,14H,6-7,10,13H2,1H3. The first-order valence-corrected chi connectivity index (χ1v) is 9.66. The lowest BCUT2D eigenvalue weighted by Crippen LogP contribution is -2.15. The van der Waals surface area contributed by atoms with Crippen LogP contribution in [0.4, 0.5) is 0 Å². The first kappa shape index (κ1) is 17.4. The van der Waals surface area contributed by atoms with E-state index in [9.17, 15) is 13.2 Å². The van der Waals surface area contributed by atoms with Crippen LogP contribution < -0.4 is 4.18 Å². The smallest absolute Gasteiger partial charge is 0.335 e. The third kappa shape index (κ3) is 4.37. The van der Waals surface area contributed by atoms with Gasteiger partial charge in [-0.3, -0.25) is 0 Å². The highest BCUT2D eigenvalue weighted by Gasteiger charge is 2.23. The second-order valence-electron chi connectivity index (χ2n) is 6.19. The minimum atomic E-state index is -3.81. The lowest BCUT2D eigenvalue weighted by atomic mass is 9.98. The molecule has 0 aliphatic heterocycles. The van der Waals surface area contributed by atoms with Gasteiger partial charge in [-0.25, -0.2) is 0 Å². The zero-order valence-electron chi connectivity index (χ0n) is 14.1. The van der Waals surface area contributed by atoms with Crippen molar-refractivity contribution in [3.05, 3.63) is 70.1 Å². The molecule has 0 fully saturated rings. The van der Waals surface area contributed by atoms with Gasteiger partial charge in [0.15, 0.2) is 0 Å². The van der Waals surface area contributed by atoms with Crippen molar-refractivity contribution < 1.29 is 17.4 Å². The third-order valence-electron chi connectivity index (χ3n) is 4.23. The number of aryl methyl sites for hydroxylation is 2. The summed E-state index contributed by atoms with van der Waals surface area (Å²) in [6, 6.07) is 14.6. The van der Waals surface area contributed by atoms with Crippen LogP contribution in [0.25, 0.3) is 6.08 Å². The Kier molecular flexibility index (Phi) is 5.04. The Morgan fingerprint density at radius 1 is 1.04 bits per heavy atom. The van der Waals surface area contributed by atoms with Gasteiger partial charge < -0.3 is 8.98 Å². The van der Waals surface area contributed by atoms with Gasteiger partial charge in [0.25, 0.3) is 0 Å². The van der Waals surface area contributed by atoms with Crippen molar-refractivity contribution in [3.8, 4) is 5.75 Å². The number of hydrogen-bond acceptors (Lipinski definition) is 4.